The molecule has 0 aliphatic carbocycles. The number of hydrogen-bond acceptors (Lipinski definition) is 5. The maximum Gasteiger partial charge on any atom is 0.247 e. The van der Waals surface area contributed by atoms with Crippen molar-refractivity contribution in [2.45, 2.75) is 19.9 Å². The summed E-state index contributed by atoms with van der Waals surface area (Å²) in [6.45, 7) is 3.60. The van der Waals surface area contributed by atoms with Gasteiger partial charge in [-0.25, -0.2) is 0 Å². The Bertz CT molecular complexity index is 532. The molecule has 1 aromatic carbocycles. The Balaban J connectivity index is 2.78. The summed E-state index contributed by atoms with van der Waals surface area (Å²) >= 11 is 0. The summed E-state index contributed by atoms with van der Waals surface area (Å²) in [6, 6.07) is 4.29. The first-order valence-electron chi connectivity index (χ1n) is 6.91. The van der Waals surface area contributed by atoms with Crippen LogP contribution in [0.15, 0.2) is 18.2 Å². The van der Waals surface area contributed by atoms with Gasteiger partial charge in [0.2, 0.25) is 11.8 Å². The van der Waals surface area contributed by atoms with Gasteiger partial charge in [0.1, 0.15) is 18.4 Å². The van der Waals surface area contributed by atoms with Gasteiger partial charge in [-0.1, -0.05) is 13.8 Å². The van der Waals surface area contributed by atoms with E-state index in [4.69, 9.17) is 15.2 Å². The lowest BCUT2D eigenvalue weighted by atomic mass is 10.0. The predicted molar refractivity (Wildman–Crippen MR) is 84.7 cm³/mol. The van der Waals surface area contributed by atoms with E-state index in [0.717, 1.165) is 0 Å². The Hall–Kier alpha value is -2.28. The van der Waals surface area contributed by atoms with Crippen LogP contribution in [0.4, 0.5) is 11.4 Å². The number of rotatable bonds is 7. The number of ether oxygens (including phenoxy) is 2. The normalized spacial score (nSPS) is 11.9. The highest BCUT2D eigenvalue weighted by molar-refractivity contribution is 5.97. The topological polar surface area (TPSA) is 103 Å². The summed E-state index contributed by atoms with van der Waals surface area (Å²) < 4.78 is 9.81. The number of carbonyl (C=O) groups excluding carboxylic acids is 2. The molecule has 0 heterocycles. The third kappa shape index (κ3) is 4.92. The number of nitrogens with two attached hydrogens (primary N) is 1. The van der Waals surface area contributed by atoms with Crippen LogP contribution in [0.3, 0.4) is 0 Å². The number of anilines is 2. The number of nitrogen functional groups attached to an aromatic ring is 1. The number of carbonyl (C=O) groups is 2. The second-order valence-electron chi connectivity index (χ2n) is 5.17. The fourth-order valence-electron chi connectivity index (χ4n) is 1.91. The molecule has 0 spiro atoms. The van der Waals surface area contributed by atoms with Crippen molar-refractivity contribution in [2.24, 2.45) is 5.92 Å². The molecule has 0 bridgehead atoms. The van der Waals surface area contributed by atoms with Gasteiger partial charge in [-0.05, 0) is 24.1 Å². The van der Waals surface area contributed by atoms with Gasteiger partial charge in [0.15, 0.2) is 0 Å². The monoisotopic (exact) mass is 309 g/mol. The first-order chi connectivity index (χ1) is 10.4. The van der Waals surface area contributed by atoms with Gasteiger partial charge in [0.05, 0.1) is 12.8 Å². The van der Waals surface area contributed by atoms with Crippen LogP contribution in [0.2, 0.25) is 0 Å². The summed E-state index contributed by atoms with van der Waals surface area (Å²) in [5.74, 6) is -0.196. The fraction of sp³-hybridized carbons (Fsp3) is 0.467. The molecule has 0 aliphatic heterocycles. The van der Waals surface area contributed by atoms with Crippen molar-refractivity contribution < 1.29 is 19.1 Å². The first kappa shape index (κ1) is 17.8. The van der Waals surface area contributed by atoms with Gasteiger partial charge < -0.3 is 25.8 Å². The van der Waals surface area contributed by atoms with E-state index in [0.29, 0.717) is 17.1 Å². The number of benzene rings is 1. The van der Waals surface area contributed by atoms with Gasteiger partial charge in [-0.15, -0.1) is 0 Å². The number of amides is 2. The Kier molecular flexibility index (Phi) is 6.65. The minimum atomic E-state index is -0.661. The summed E-state index contributed by atoms with van der Waals surface area (Å²) in [6.07, 6.45) is 0. The van der Waals surface area contributed by atoms with Gasteiger partial charge in [0.25, 0.3) is 0 Å². The first-order valence-corrected chi connectivity index (χ1v) is 6.91. The Labute approximate surface area is 130 Å². The standard InChI is InChI=1S/C15H23N3O4/c1-9(2)14(18-13(19)8-21-3)15(20)17-10-5-6-12(22-4)11(16)7-10/h5-7,9,14H,8,16H2,1-4H3,(H,17,20)(H,18,19)/t14-/m0/s1. The van der Waals surface area contributed by atoms with Crippen LogP contribution < -0.4 is 21.1 Å². The van der Waals surface area contributed by atoms with E-state index in [1.165, 1.54) is 14.2 Å². The fourth-order valence-corrected chi connectivity index (χ4v) is 1.91. The molecule has 0 radical (unpaired) electrons. The molecule has 2 amide bonds. The van der Waals surface area contributed by atoms with Crippen molar-refractivity contribution in [3.63, 3.8) is 0 Å². The van der Waals surface area contributed by atoms with E-state index in [1.807, 2.05) is 13.8 Å². The minimum absolute atomic E-state index is 0.0728. The average molecular weight is 309 g/mol. The molecule has 0 fully saturated rings. The van der Waals surface area contributed by atoms with Crippen LogP contribution in [-0.4, -0.2) is 38.7 Å². The smallest absolute Gasteiger partial charge is 0.247 e. The zero-order valence-electron chi connectivity index (χ0n) is 13.3. The van der Waals surface area contributed by atoms with Crippen LogP contribution in [0.5, 0.6) is 5.75 Å². The van der Waals surface area contributed by atoms with E-state index in [9.17, 15) is 9.59 Å². The summed E-state index contributed by atoms with van der Waals surface area (Å²) in [4.78, 5) is 23.9. The van der Waals surface area contributed by atoms with Crippen LogP contribution in [0.1, 0.15) is 13.8 Å². The van der Waals surface area contributed by atoms with Crippen molar-refractivity contribution >= 4 is 23.2 Å². The molecule has 4 N–H and O–H groups in total. The highest BCUT2D eigenvalue weighted by atomic mass is 16.5. The van der Waals surface area contributed by atoms with Crippen molar-refractivity contribution in [1.29, 1.82) is 0 Å². The summed E-state index contributed by atoms with van der Waals surface area (Å²) in [7, 11) is 2.94. The molecule has 0 aromatic heterocycles. The van der Waals surface area contributed by atoms with Crippen LogP contribution in [0, 0.1) is 5.92 Å². The summed E-state index contributed by atoms with van der Waals surface area (Å²) in [5.41, 5.74) is 6.76. The Morgan fingerprint density at radius 3 is 2.45 bits per heavy atom. The van der Waals surface area contributed by atoms with Crippen molar-refractivity contribution in [3.05, 3.63) is 18.2 Å². The molecule has 0 saturated heterocycles. The van der Waals surface area contributed by atoms with Crippen LogP contribution in [0.25, 0.3) is 0 Å². The second kappa shape index (κ2) is 8.23. The maximum absolute atomic E-state index is 12.3. The van der Waals surface area contributed by atoms with Crippen molar-refractivity contribution in [1.82, 2.24) is 5.32 Å². The van der Waals surface area contributed by atoms with Gasteiger partial charge in [0, 0.05) is 12.8 Å². The summed E-state index contributed by atoms with van der Waals surface area (Å²) in [5, 5.41) is 5.38. The van der Waals surface area contributed by atoms with E-state index in [-0.39, 0.29) is 24.3 Å². The third-order valence-corrected chi connectivity index (χ3v) is 3.04. The van der Waals surface area contributed by atoms with Gasteiger partial charge >= 0.3 is 0 Å². The molecule has 1 aromatic rings. The molecular formula is C15H23N3O4. The maximum atomic E-state index is 12.3. The third-order valence-electron chi connectivity index (χ3n) is 3.04. The lowest BCUT2D eigenvalue weighted by molar-refractivity contribution is -0.129. The Morgan fingerprint density at radius 1 is 1.27 bits per heavy atom. The highest BCUT2D eigenvalue weighted by Gasteiger charge is 2.24. The van der Waals surface area contributed by atoms with Crippen LogP contribution in [-0.2, 0) is 14.3 Å². The van der Waals surface area contributed by atoms with Gasteiger partial charge in [-0.3, -0.25) is 9.59 Å². The molecule has 1 rings (SSSR count). The average Bonchev–Trinajstić information content (AvgIpc) is 2.44. The quantitative estimate of drug-likeness (QED) is 0.652. The zero-order chi connectivity index (χ0) is 16.7. The van der Waals surface area contributed by atoms with Crippen molar-refractivity contribution in [3.8, 4) is 5.75 Å². The SMILES string of the molecule is COCC(=O)N[C@H](C(=O)Nc1ccc(OC)c(N)c1)C(C)C. The van der Waals surface area contributed by atoms with Gasteiger partial charge in [-0.2, -0.15) is 0 Å². The van der Waals surface area contributed by atoms with E-state index in [1.54, 1.807) is 18.2 Å². The number of nitrogens with one attached hydrogen (secondary N) is 2. The number of methoxy groups -OCH3 is 2. The highest BCUT2D eigenvalue weighted by Crippen LogP contribution is 2.24. The minimum Gasteiger partial charge on any atom is -0.495 e. The zero-order valence-corrected chi connectivity index (χ0v) is 13.3. The van der Waals surface area contributed by atoms with Crippen LogP contribution >= 0.6 is 0 Å². The Morgan fingerprint density at radius 2 is 1.95 bits per heavy atom. The lowest BCUT2D eigenvalue weighted by Crippen LogP contribution is -2.48. The lowest BCUT2D eigenvalue weighted by Gasteiger charge is -2.21. The van der Waals surface area contributed by atoms with E-state index >= 15 is 0 Å². The molecule has 1 atom stereocenters. The molecule has 0 unspecified atom stereocenters. The molecular weight excluding hydrogens is 286 g/mol. The van der Waals surface area contributed by atoms with Crippen molar-refractivity contribution in [2.75, 3.05) is 31.9 Å². The molecule has 0 saturated carbocycles. The molecule has 7 heteroatoms. The molecule has 7 nitrogen and oxygen atoms in total. The molecule has 122 valence electrons. The van der Waals surface area contributed by atoms with E-state index in [2.05, 4.69) is 10.6 Å². The second-order valence-corrected chi connectivity index (χ2v) is 5.17. The molecule has 0 aliphatic rings. The predicted octanol–water partition coefficient (Wildman–Crippen LogP) is 1.00. The van der Waals surface area contributed by atoms with E-state index < -0.39 is 6.04 Å². The molecule has 22 heavy (non-hydrogen) atoms. The largest absolute Gasteiger partial charge is 0.495 e. The number of hydrogen-bond donors (Lipinski definition) is 3.